The van der Waals surface area contributed by atoms with Crippen LogP contribution in [0.25, 0.3) is 0 Å². The minimum Gasteiger partial charge on any atom is -0.353 e. The molecule has 11 heteroatoms. The SMILES string of the molecule is C[C@@H]1CCCC[C@@]12NC(=O)N(CN1CCN(c3ncc(C(F)(F)F)cc3Cl)CC1)C2=O. The van der Waals surface area contributed by atoms with Gasteiger partial charge in [-0.25, -0.2) is 14.7 Å². The molecule has 3 heterocycles. The van der Waals surface area contributed by atoms with Crippen molar-refractivity contribution in [2.75, 3.05) is 37.7 Å². The number of amides is 3. The van der Waals surface area contributed by atoms with Crippen molar-refractivity contribution in [3.63, 3.8) is 0 Å². The number of nitrogens with one attached hydrogen (secondary N) is 1. The molecule has 7 nitrogen and oxygen atoms in total. The van der Waals surface area contributed by atoms with Crippen LogP contribution in [0.1, 0.15) is 38.2 Å². The molecule has 2 saturated heterocycles. The summed E-state index contributed by atoms with van der Waals surface area (Å²) >= 11 is 6.05. The van der Waals surface area contributed by atoms with E-state index in [1.54, 1.807) is 0 Å². The number of halogens is 4. The zero-order valence-corrected chi connectivity index (χ0v) is 18.0. The molecule has 3 aliphatic rings. The van der Waals surface area contributed by atoms with Crippen LogP contribution in [0.5, 0.6) is 0 Å². The molecule has 1 aliphatic carbocycles. The van der Waals surface area contributed by atoms with Crippen LogP contribution in [0.4, 0.5) is 23.8 Å². The Balaban J connectivity index is 1.38. The van der Waals surface area contributed by atoms with Gasteiger partial charge in [0.15, 0.2) is 0 Å². The second kappa shape index (κ2) is 8.12. The Hall–Kier alpha value is -2.07. The Bertz CT molecular complexity index is 875. The lowest BCUT2D eigenvalue weighted by Crippen LogP contribution is -2.55. The molecule has 1 N–H and O–H groups in total. The average molecular weight is 460 g/mol. The molecule has 2 aliphatic heterocycles. The van der Waals surface area contributed by atoms with Crippen LogP contribution in [0.2, 0.25) is 5.02 Å². The maximum atomic E-state index is 13.1. The van der Waals surface area contributed by atoms with E-state index >= 15 is 0 Å². The summed E-state index contributed by atoms with van der Waals surface area (Å²) in [6.45, 7) is 4.21. The van der Waals surface area contributed by atoms with Gasteiger partial charge >= 0.3 is 12.2 Å². The molecule has 0 aromatic carbocycles. The van der Waals surface area contributed by atoms with Crippen LogP contribution >= 0.6 is 11.6 Å². The smallest absolute Gasteiger partial charge is 0.353 e. The molecule has 3 fully saturated rings. The number of anilines is 1. The monoisotopic (exact) mass is 459 g/mol. The molecule has 1 spiro atoms. The van der Waals surface area contributed by atoms with Gasteiger partial charge in [0.2, 0.25) is 0 Å². The Morgan fingerprint density at radius 1 is 1.23 bits per heavy atom. The number of carbonyl (C=O) groups excluding carboxylic acids is 2. The average Bonchev–Trinajstić information content (AvgIpc) is 2.95. The van der Waals surface area contributed by atoms with Gasteiger partial charge in [0.25, 0.3) is 5.91 Å². The first-order chi connectivity index (χ1) is 14.6. The fourth-order valence-corrected chi connectivity index (χ4v) is 5.03. The fourth-order valence-electron chi connectivity index (χ4n) is 4.74. The summed E-state index contributed by atoms with van der Waals surface area (Å²) in [6.07, 6.45) is -0.144. The largest absolute Gasteiger partial charge is 0.417 e. The van der Waals surface area contributed by atoms with E-state index < -0.39 is 17.3 Å². The third-order valence-electron chi connectivity index (χ3n) is 6.66. The zero-order valence-electron chi connectivity index (χ0n) is 17.2. The lowest BCUT2D eigenvalue weighted by Gasteiger charge is -2.38. The number of rotatable bonds is 3. The van der Waals surface area contributed by atoms with Crippen LogP contribution in [-0.2, 0) is 11.0 Å². The Morgan fingerprint density at radius 2 is 1.94 bits per heavy atom. The van der Waals surface area contributed by atoms with Crippen molar-refractivity contribution >= 4 is 29.4 Å². The van der Waals surface area contributed by atoms with E-state index in [1.807, 2.05) is 16.7 Å². The molecular weight excluding hydrogens is 435 g/mol. The highest BCUT2D eigenvalue weighted by molar-refractivity contribution is 6.33. The maximum Gasteiger partial charge on any atom is 0.417 e. The maximum absolute atomic E-state index is 13.1. The standard InChI is InChI=1S/C20H25ClF3N5O2/c1-13-4-2-3-5-19(13)17(30)29(18(31)26-19)12-27-6-8-28(9-7-27)16-15(21)10-14(11-25-16)20(22,23)24/h10-11,13H,2-9,12H2,1H3,(H,26,31)/t13-,19-/m1/s1. The number of pyridine rings is 1. The molecule has 1 aromatic rings. The van der Waals surface area contributed by atoms with E-state index in [0.717, 1.165) is 31.5 Å². The molecule has 0 bridgehead atoms. The summed E-state index contributed by atoms with van der Waals surface area (Å²) in [4.78, 5) is 34.7. The van der Waals surface area contributed by atoms with Crippen molar-refractivity contribution < 1.29 is 22.8 Å². The molecule has 1 saturated carbocycles. The summed E-state index contributed by atoms with van der Waals surface area (Å²) in [5.74, 6) is 0.256. The lowest BCUT2D eigenvalue weighted by molar-refractivity contribution is -0.138. The number of alkyl halides is 3. The summed E-state index contributed by atoms with van der Waals surface area (Å²) in [5.41, 5.74) is -1.67. The van der Waals surface area contributed by atoms with Crippen molar-refractivity contribution in [1.29, 1.82) is 0 Å². The number of carbonyl (C=O) groups is 2. The molecule has 0 radical (unpaired) electrons. The Labute approximate surface area is 183 Å². The van der Waals surface area contributed by atoms with Gasteiger partial charge < -0.3 is 10.2 Å². The second-order valence-corrected chi connectivity index (χ2v) is 8.96. The Morgan fingerprint density at radius 3 is 2.55 bits per heavy atom. The van der Waals surface area contributed by atoms with Crippen LogP contribution in [0, 0.1) is 5.92 Å². The number of nitrogens with zero attached hydrogens (tertiary/aromatic N) is 4. The van der Waals surface area contributed by atoms with Crippen LogP contribution in [0.3, 0.4) is 0 Å². The van der Waals surface area contributed by atoms with Crippen molar-refractivity contribution in [2.24, 2.45) is 5.92 Å². The van der Waals surface area contributed by atoms with Crippen molar-refractivity contribution in [2.45, 2.75) is 44.3 Å². The van der Waals surface area contributed by atoms with Gasteiger partial charge in [0.1, 0.15) is 11.4 Å². The molecule has 2 atom stereocenters. The van der Waals surface area contributed by atoms with Gasteiger partial charge in [-0.05, 0) is 24.8 Å². The first-order valence-electron chi connectivity index (χ1n) is 10.5. The van der Waals surface area contributed by atoms with Gasteiger partial charge in [-0.1, -0.05) is 31.4 Å². The van der Waals surface area contributed by atoms with Crippen LogP contribution < -0.4 is 10.2 Å². The van der Waals surface area contributed by atoms with Gasteiger partial charge in [0, 0.05) is 32.4 Å². The lowest BCUT2D eigenvalue weighted by atomic mass is 9.73. The minimum absolute atomic E-state index is 0.0504. The molecule has 3 amide bonds. The molecule has 1 aromatic heterocycles. The number of urea groups is 1. The number of piperazine rings is 1. The first kappa shape index (κ1) is 22.1. The highest BCUT2D eigenvalue weighted by Gasteiger charge is 2.55. The van der Waals surface area contributed by atoms with E-state index in [9.17, 15) is 22.8 Å². The van der Waals surface area contributed by atoms with Crippen LogP contribution in [-0.4, -0.2) is 65.1 Å². The summed E-state index contributed by atoms with van der Waals surface area (Å²) in [7, 11) is 0. The molecule has 4 rings (SSSR count). The normalized spacial score (nSPS) is 27.8. The summed E-state index contributed by atoms with van der Waals surface area (Å²) in [5, 5.41) is 2.90. The van der Waals surface area contributed by atoms with E-state index in [4.69, 9.17) is 11.6 Å². The quantitative estimate of drug-likeness (QED) is 0.702. The summed E-state index contributed by atoms with van der Waals surface area (Å²) < 4.78 is 38.5. The fraction of sp³-hybridized carbons (Fsp3) is 0.650. The number of imide groups is 1. The topological polar surface area (TPSA) is 68.8 Å². The van der Waals surface area contributed by atoms with E-state index in [0.29, 0.717) is 38.4 Å². The minimum atomic E-state index is -4.50. The van der Waals surface area contributed by atoms with Crippen molar-refractivity contribution in [3.8, 4) is 0 Å². The van der Waals surface area contributed by atoms with Crippen molar-refractivity contribution in [3.05, 3.63) is 22.8 Å². The van der Waals surface area contributed by atoms with Crippen LogP contribution in [0.15, 0.2) is 12.3 Å². The van der Waals surface area contributed by atoms with Gasteiger partial charge in [-0.2, -0.15) is 13.2 Å². The predicted molar refractivity (Wildman–Crippen MR) is 109 cm³/mol. The molecule has 170 valence electrons. The third kappa shape index (κ3) is 4.07. The predicted octanol–water partition coefficient (Wildman–Crippen LogP) is 3.33. The molecule has 31 heavy (non-hydrogen) atoms. The number of hydrogen-bond donors (Lipinski definition) is 1. The van der Waals surface area contributed by atoms with Gasteiger partial charge in [-0.15, -0.1) is 0 Å². The van der Waals surface area contributed by atoms with Crippen molar-refractivity contribution in [1.82, 2.24) is 20.1 Å². The number of hydrogen-bond acceptors (Lipinski definition) is 5. The zero-order chi connectivity index (χ0) is 22.4. The summed E-state index contributed by atoms with van der Waals surface area (Å²) in [6, 6.07) is 0.530. The third-order valence-corrected chi connectivity index (χ3v) is 6.94. The first-order valence-corrected chi connectivity index (χ1v) is 10.8. The molecular formula is C20H25ClF3N5O2. The second-order valence-electron chi connectivity index (χ2n) is 8.56. The Kier molecular flexibility index (Phi) is 5.80. The van der Waals surface area contributed by atoms with E-state index in [1.165, 1.54) is 4.90 Å². The van der Waals surface area contributed by atoms with Gasteiger partial charge in [-0.3, -0.25) is 9.69 Å². The molecule has 0 unspecified atom stereocenters. The highest BCUT2D eigenvalue weighted by atomic mass is 35.5. The van der Waals surface area contributed by atoms with E-state index in [2.05, 4.69) is 10.3 Å². The van der Waals surface area contributed by atoms with Gasteiger partial charge in [0.05, 0.1) is 17.3 Å². The highest BCUT2D eigenvalue weighted by Crippen LogP contribution is 2.38. The van der Waals surface area contributed by atoms with E-state index in [-0.39, 0.29) is 29.5 Å². The number of aromatic nitrogens is 1.